The zero-order valence-electron chi connectivity index (χ0n) is 15.2. The van der Waals surface area contributed by atoms with Crippen molar-refractivity contribution < 1.29 is 23.1 Å². The van der Waals surface area contributed by atoms with Crippen LogP contribution >= 0.6 is 0 Å². The number of rotatable bonds is 4. The number of anilines is 2. The summed E-state index contributed by atoms with van der Waals surface area (Å²) in [5, 5.41) is 3.30. The molecule has 1 aromatic heterocycles. The van der Waals surface area contributed by atoms with Gasteiger partial charge in [0.05, 0.1) is 6.61 Å². The third kappa shape index (κ3) is 3.76. The van der Waals surface area contributed by atoms with Gasteiger partial charge in [-0.3, -0.25) is 9.69 Å². The Balaban J connectivity index is 1.77. The Labute approximate surface area is 155 Å². The number of furan rings is 1. The standard InChI is InChI=1S/C20H19FN2O4/c1-4-26-20(25)23(3)15-8-6-14(7-9-15)22-19(24)18-12(2)16-11-13(21)5-10-17(16)27-18/h5-11H,4H2,1-3H3,(H,22,24). The quantitative estimate of drug-likeness (QED) is 0.721. The van der Waals surface area contributed by atoms with Gasteiger partial charge in [0.25, 0.3) is 5.91 Å². The highest BCUT2D eigenvalue weighted by atomic mass is 19.1. The smallest absolute Gasteiger partial charge is 0.413 e. The molecule has 0 aliphatic carbocycles. The lowest BCUT2D eigenvalue weighted by atomic mass is 10.1. The van der Waals surface area contributed by atoms with Crippen molar-refractivity contribution in [3.05, 3.63) is 59.6 Å². The number of aryl methyl sites for hydroxylation is 1. The summed E-state index contributed by atoms with van der Waals surface area (Å²) in [6.45, 7) is 3.73. The number of hydrogen-bond acceptors (Lipinski definition) is 4. The Hall–Kier alpha value is -3.35. The van der Waals surface area contributed by atoms with Gasteiger partial charge in [0, 0.05) is 29.4 Å². The van der Waals surface area contributed by atoms with Gasteiger partial charge in [0.15, 0.2) is 5.76 Å². The first-order valence-corrected chi connectivity index (χ1v) is 8.41. The second kappa shape index (κ2) is 7.49. The van der Waals surface area contributed by atoms with E-state index < -0.39 is 12.0 Å². The zero-order chi connectivity index (χ0) is 19.6. The van der Waals surface area contributed by atoms with Crippen LogP contribution in [0.15, 0.2) is 46.9 Å². The fourth-order valence-electron chi connectivity index (χ4n) is 2.69. The van der Waals surface area contributed by atoms with Crippen LogP contribution in [-0.2, 0) is 4.74 Å². The molecule has 6 nitrogen and oxygen atoms in total. The van der Waals surface area contributed by atoms with Crippen LogP contribution in [0.3, 0.4) is 0 Å². The molecule has 1 N–H and O–H groups in total. The maximum atomic E-state index is 13.4. The van der Waals surface area contributed by atoms with E-state index in [1.165, 1.54) is 23.1 Å². The van der Waals surface area contributed by atoms with Crippen molar-refractivity contribution in [1.82, 2.24) is 0 Å². The van der Waals surface area contributed by atoms with Crippen LogP contribution < -0.4 is 10.2 Å². The first-order chi connectivity index (χ1) is 12.9. The number of amides is 2. The molecule has 140 valence electrons. The van der Waals surface area contributed by atoms with E-state index in [0.29, 0.717) is 27.9 Å². The fraction of sp³-hybridized carbons (Fsp3) is 0.200. The average Bonchev–Trinajstić information content (AvgIpc) is 2.98. The first kappa shape index (κ1) is 18.4. The van der Waals surface area contributed by atoms with Gasteiger partial charge in [-0.1, -0.05) is 0 Å². The predicted octanol–water partition coefficient (Wildman–Crippen LogP) is 4.73. The molecule has 0 bridgehead atoms. The number of benzene rings is 2. The van der Waals surface area contributed by atoms with Gasteiger partial charge < -0.3 is 14.5 Å². The molecule has 1 heterocycles. The Morgan fingerprint density at radius 1 is 1.19 bits per heavy atom. The average molecular weight is 370 g/mol. The lowest BCUT2D eigenvalue weighted by molar-refractivity contribution is 0.0998. The topological polar surface area (TPSA) is 71.8 Å². The van der Waals surface area contributed by atoms with Crippen molar-refractivity contribution in [2.45, 2.75) is 13.8 Å². The highest BCUT2D eigenvalue weighted by molar-refractivity contribution is 6.06. The molecule has 0 fully saturated rings. The monoisotopic (exact) mass is 370 g/mol. The number of ether oxygens (including phenoxy) is 1. The number of fused-ring (bicyclic) bond motifs is 1. The molecule has 0 unspecified atom stereocenters. The van der Waals surface area contributed by atoms with Gasteiger partial charge in [-0.15, -0.1) is 0 Å². The van der Waals surface area contributed by atoms with E-state index in [4.69, 9.17) is 9.15 Å². The molecule has 0 atom stereocenters. The second-order valence-corrected chi connectivity index (χ2v) is 5.96. The van der Waals surface area contributed by atoms with Gasteiger partial charge in [-0.2, -0.15) is 0 Å². The molecule has 7 heteroatoms. The molecule has 0 aliphatic rings. The Kier molecular flexibility index (Phi) is 5.12. The van der Waals surface area contributed by atoms with Crippen LogP contribution in [0, 0.1) is 12.7 Å². The molecular formula is C20H19FN2O4. The maximum absolute atomic E-state index is 13.4. The van der Waals surface area contributed by atoms with Crippen LogP contribution in [0.2, 0.25) is 0 Å². The number of nitrogens with one attached hydrogen (secondary N) is 1. The van der Waals surface area contributed by atoms with Crippen molar-refractivity contribution >= 4 is 34.3 Å². The molecule has 2 aromatic carbocycles. The molecule has 2 amide bonds. The summed E-state index contributed by atoms with van der Waals surface area (Å²) in [7, 11) is 1.60. The minimum atomic E-state index is -0.459. The summed E-state index contributed by atoms with van der Waals surface area (Å²) in [5.41, 5.74) is 2.18. The van der Waals surface area contributed by atoms with Gasteiger partial charge in [0.1, 0.15) is 11.4 Å². The number of carbonyl (C=O) groups excluding carboxylic acids is 2. The van der Waals surface area contributed by atoms with Crippen LogP contribution in [0.5, 0.6) is 0 Å². The summed E-state index contributed by atoms with van der Waals surface area (Å²) in [5.74, 6) is -0.696. The molecule has 0 spiro atoms. The van der Waals surface area contributed by atoms with Crippen molar-refractivity contribution in [3.8, 4) is 0 Å². The van der Waals surface area contributed by atoms with Crippen LogP contribution in [0.25, 0.3) is 11.0 Å². The maximum Gasteiger partial charge on any atom is 0.413 e. The van der Waals surface area contributed by atoms with E-state index in [2.05, 4.69) is 5.32 Å². The SMILES string of the molecule is CCOC(=O)N(C)c1ccc(NC(=O)c2oc3ccc(F)cc3c2C)cc1. The molecule has 0 aliphatic heterocycles. The van der Waals surface area contributed by atoms with E-state index in [1.54, 1.807) is 45.2 Å². The van der Waals surface area contributed by atoms with Crippen LogP contribution in [0.4, 0.5) is 20.6 Å². The van der Waals surface area contributed by atoms with Crippen molar-refractivity contribution in [2.75, 3.05) is 23.9 Å². The largest absolute Gasteiger partial charge is 0.451 e. The van der Waals surface area contributed by atoms with Gasteiger partial charge in [0.2, 0.25) is 0 Å². The van der Waals surface area contributed by atoms with Gasteiger partial charge >= 0.3 is 6.09 Å². The molecule has 0 saturated heterocycles. The minimum Gasteiger partial charge on any atom is -0.451 e. The van der Waals surface area contributed by atoms with Crippen molar-refractivity contribution in [1.29, 1.82) is 0 Å². The first-order valence-electron chi connectivity index (χ1n) is 8.41. The minimum absolute atomic E-state index is 0.128. The normalized spacial score (nSPS) is 10.7. The molecule has 27 heavy (non-hydrogen) atoms. The Morgan fingerprint density at radius 3 is 2.56 bits per heavy atom. The zero-order valence-corrected chi connectivity index (χ0v) is 15.2. The van der Waals surface area contributed by atoms with E-state index in [9.17, 15) is 14.0 Å². The molecule has 3 rings (SSSR count). The molecule has 0 radical (unpaired) electrons. The third-order valence-corrected chi connectivity index (χ3v) is 4.16. The lowest BCUT2D eigenvalue weighted by Gasteiger charge is -2.16. The molecule has 0 saturated carbocycles. The summed E-state index contributed by atoms with van der Waals surface area (Å²) < 4.78 is 23.9. The van der Waals surface area contributed by atoms with Gasteiger partial charge in [-0.05, 0) is 56.3 Å². The molecular weight excluding hydrogens is 351 g/mol. The number of halogens is 1. The summed E-state index contributed by atoms with van der Waals surface area (Å²) in [6.07, 6.45) is -0.459. The number of carbonyl (C=O) groups is 2. The van der Waals surface area contributed by atoms with E-state index in [1.807, 2.05) is 0 Å². The Bertz CT molecular complexity index is 995. The highest BCUT2D eigenvalue weighted by Crippen LogP contribution is 2.27. The summed E-state index contributed by atoms with van der Waals surface area (Å²) >= 11 is 0. The summed E-state index contributed by atoms with van der Waals surface area (Å²) in [4.78, 5) is 25.6. The second-order valence-electron chi connectivity index (χ2n) is 5.96. The lowest BCUT2D eigenvalue weighted by Crippen LogP contribution is -2.26. The number of hydrogen-bond donors (Lipinski definition) is 1. The van der Waals surface area contributed by atoms with Crippen molar-refractivity contribution in [2.24, 2.45) is 0 Å². The van der Waals surface area contributed by atoms with Crippen LogP contribution in [0.1, 0.15) is 23.0 Å². The number of nitrogens with zero attached hydrogens (tertiary/aromatic N) is 1. The van der Waals surface area contributed by atoms with Crippen molar-refractivity contribution in [3.63, 3.8) is 0 Å². The summed E-state index contributed by atoms with van der Waals surface area (Å²) in [6, 6.07) is 10.8. The van der Waals surface area contributed by atoms with E-state index in [0.717, 1.165) is 0 Å². The predicted molar refractivity (Wildman–Crippen MR) is 101 cm³/mol. The van der Waals surface area contributed by atoms with Crippen LogP contribution in [-0.4, -0.2) is 25.7 Å². The fourth-order valence-corrected chi connectivity index (χ4v) is 2.69. The molecule has 3 aromatic rings. The third-order valence-electron chi connectivity index (χ3n) is 4.16. The van der Waals surface area contributed by atoms with E-state index in [-0.39, 0.29) is 18.2 Å². The Morgan fingerprint density at radius 2 is 1.89 bits per heavy atom. The highest BCUT2D eigenvalue weighted by Gasteiger charge is 2.18. The van der Waals surface area contributed by atoms with E-state index >= 15 is 0 Å². The van der Waals surface area contributed by atoms with Gasteiger partial charge in [-0.25, -0.2) is 9.18 Å².